The van der Waals surface area contributed by atoms with Gasteiger partial charge in [0.05, 0.1) is 23.4 Å². The molecule has 0 bridgehead atoms. The van der Waals surface area contributed by atoms with Gasteiger partial charge in [-0.1, -0.05) is 16.9 Å². The number of ether oxygens (including phenoxy) is 3. The SMILES string of the molecule is CO[C@@]12[C@H](COC(N)=O)C3=C(C(=O)C(C)=C(N)C3=O)N1C[C@H]1[C@@H]2N1C(=O)OCCSSc1ccccn1. The summed E-state index contributed by atoms with van der Waals surface area (Å²) >= 11 is 0. The predicted octanol–water partition coefficient (Wildman–Crippen LogP) is 1.03. The van der Waals surface area contributed by atoms with E-state index in [1.165, 1.54) is 40.5 Å². The van der Waals surface area contributed by atoms with E-state index < -0.39 is 41.4 Å². The summed E-state index contributed by atoms with van der Waals surface area (Å²) in [7, 11) is 4.43. The van der Waals surface area contributed by atoms with Gasteiger partial charge in [-0.05, 0) is 29.9 Å². The number of primary amides is 1. The molecule has 14 heteroatoms. The summed E-state index contributed by atoms with van der Waals surface area (Å²) in [5, 5.41) is 0.859. The molecular weight excluding hydrogens is 522 g/mol. The molecule has 196 valence electrons. The number of aromatic nitrogens is 1. The number of carbonyl (C=O) groups excluding carboxylic acids is 4. The summed E-state index contributed by atoms with van der Waals surface area (Å²) < 4.78 is 16.5. The minimum atomic E-state index is -1.32. The molecule has 4 atom stereocenters. The van der Waals surface area contributed by atoms with Crippen LogP contribution in [0.4, 0.5) is 9.59 Å². The number of nitrogens with zero attached hydrogens (tertiary/aromatic N) is 3. The smallest absolute Gasteiger partial charge is 0.410 e. The van der Waals surface area contributed by atoms with Gasteiger partial charge < -0.3 is 30.6 Å². The molecule has 0 radical (unpaired) electrons. The summed E-state index contributed by atoms with van der Waals surface area (Å²) in [6.07, 6.45) is 0.144. The minimum Gasteiger partial charge on any atom is -0.449 e. The second-order valence-corrected chi connectivity index (χ2v) is 11.3. The first-order chi connectivity index (χ1) is 17.7. The van der Waals surface area contributed by atoms with Crippen molar-refractivity contribution < 1.29 is 33.4 Å². The highest BCUT2D eigenvalue weighted by molar-refractivity contribution is 8.76. The summed E-state index contributed by atoms with van der Waals surface area (Å²) in [5.74, 6) is -1.26. The van der Waals surface area contributed by atoms with E-state index in [1.807, 2.05) is 18.2 Å². The maximum Gasteiger partial charge on any atom is 0.410 e. The Morgan fingerprint density at radius 2 is 2.03 bits per heavy atom. The number of ketones is 2. The molecule has 0 unspecified atom stereocenters. The molecule has 0 aromatic carbocycles. The molecular formula is C23H25N5O7S2. The average Bonchev–Trinajstić information content (AvgIpc) is 3.40. The highest BCUT2D eigenvalue weighted by Gasteiger charge is 2.78. The number of nitrogens with two attached hydrogens (primary N) is 2. The van der Waals surface area contributed by atoms with Crippen LogP contribution in [0, 0.1) is 5.92 Å². The van der Waals surface area contributed by atoms with Crippen LogP contribution in [0.3, 0.4) is 0 Å². The van der Waals surface area contributed by atoms with Gasteiger partial charge in [-0.25, -0.2) is 14.6 Å². The Kier molecular flexibility index (Phi) is 6.58. The molecule has 3 aliphatic heterocycles. The van der Waals surface area contributed by atoms with Gasteiger partial charge in [-0.2, -0.15) is 0 Å². The number of methoxy groups -OCH3 is 1. The highest BCUT2D eigenvalue weighted by atomic mass is 33.1. The van der Waals surface area contributed by atoms with Crippen molar-refractivity contribution in [3.63, 3.8) is 0 Å². The van der Waals surface area contributed by atoms with Gasteiger partial charge in [-0.3, -0.25) is 14.5 Å². The summed E-state index contributed by atoms with van der Waals surface area (Å²) in [4.78, 5) is 58.2. The third-order valence-electron chi connectivity index (χ3n) is 7.07. The van der Waals surface area contributed by atoms with Crippen LogP contribution in [-0.4, -0.2) is 89.0 Å². The lowest BCUT2D eigenvalue weighted by Crippen LogP contribution is -2.56. The van der Waals surface area contributed by atoms with Crippen molar-refractivity contribution in [2.24, 2.45) is 17.4 Å². The van der Waals surface area contributed by atoms with E-state index in [0.29, 0.717) is 5.75 Å². The molecule has 12 nitrogen and oxygen atoms in total. The van der Waals surface area contributed by atoms with Crippen LogP contribution in [0.25, 0.3) is 0 Å². The van der Waals surface area contributed by atoms with Crippen molar-refractivity contribution in [2.45, 2.75) is 29.8 Å². The Bertz CT molecular complexity index is 1240. The van der Waals surface area contributed by atoms with Crippen molar-refractivity contribution in [1.82, 2.24) is 14.8 Å². The summed E-state index contributed by atoms with van der Waals surface area (Å²) in [6.45, 7) is 1.60. The molecule has 4 N–H and O–H groups in total. The Balaban J connectivity index is 1.30. The van der Waals surface area contributed by atoms with Crippen LogP contribution in [0.5, 0.6) is 0 Å². The van der Waals surface area contributed by atoms with Crippen LogP contribution in [0.15, 0.2) is 52.0 Å². The van der Waals surface area contributed by atoms with Crippen LogP contribution in [0.1, 0.15) is 6.92 Å². The number of piperazine rings is 1. The van der Waals surface area contributed by atoms with Crippen molar-refractivity contribution >= 4 is 45.3 Å². The number of carbonyl (C=O) groups is 4. The van der Waals surface area contributed by atoms with Crippen molar-refractivity contribution in [3.05, 3.63) is 46.9 Å². The van der Waals surface area contributed by atoms with E-state index in [9.17, 15) is 19.2 Å². The molecule has 2 amide bonds. The van der Waals surface area contributed by atoms with Gasteiger partial charge in [0, 0.05) is 36.8 Å². The molecule has 37 heavy (non-hydrogen) atoms. The first-order valence-electron chi connectivity index (χ1n) is 11.4. The van der Waals surface area contributed by atoms with E-state index in [2.05, 4.69) is 4.98 Å². The lowest BCUT2D eigenvalue weighted by atomic mass is 9.82. The third kappa shape index (κ3) is 3.94. The topological polar surface area (TPSA) is 167 Å². The fourth-order valence-corrected chi connectivity index (χ4v) is 7.17. The van der Waals surface area contributed by atoms with Gasteiger partial charge in [0.25, 0.3) is 0 Å². The Morgan fingerprint density at radius 3 is 2.70 bits per heavy atom. The Morgan fingerprint density at radius 1 is 1.24 bits per heavy atom. The molecule has 2 saturated heterocycles. The normalized spacial score (nSPS) is 27.8. The Hall–Kier alpha value is -3.23. The molecule has 2 fully saturated rings. The zero-order chi connectivity index (χ0) is 26.5. The fraction of sp³-hybridized carbons (Fsp3) is 0.435. The molecule has 1 aromatic rings. The molecule has 4 heterocycles. The van der Waals surface area contributed by atoms with E-state index in [4.69, 9.17) is 25.7 Å². The first-order valence-corrected chi connectivity index (χ1v) is 13.8. The zero-order valence-corrected chi connectivity index (χ0v) is 21.7. The van der Waals surface area contributed by atoms with Crippen molar-refractivity contribution in [2.75, 3.05) is 32.6 Å². The number of pyridine rings is 1. The minimum absolute atomic E-state index is 0.109. The van der Waals surface area contributed by atoms with Gasteiger partial charge >= 0.3 is 12.2 Å². The average molecular weight is 548 g/mol. The molecule has 1 aromatic heterocycles. The van der Waals surface area contributed by atoms with Gasteiger partial charge in [0.15, 0.2) is 5.72 Å². The van der Waals surface area contributed by atoms with Gasteiger partial charge in [0.2, 0.25) is 11.6 Å². The molecule has 5 rings (SSSR count). The molecule has 1 aliphatic carbocycles. The summed E-state index contributed by atoms with van der Waals surface area (Å²) in [6, 6.07) is 4.79. The second kappa shape index (κ2) is 9.58. The van der Waals surface area contributed by atoms with Crippen molar-refractivity contribution in [1.29, 1.82) is 0 Å². The van der Waals surface area contributed by atoms with Gasteiger partial charge in [0.1, 0.15) is 24.3 Å². The number of rotatable bonds is 8. The number of hydrogen-bond donors (Lipinski definition) is 2. The Labute approximate surface area is 220 Å². The maximum absolute atomic E-state index is 13.2. The number of amides is 2. The molecule has 4 aliphatic rings. The zero-order valence-electron chi connectivity index (χ0n) is 20.0. The van der Waals surface area contributed by atoms with E-state index in [0.717, 1.165) is 5.03 Å². The third-order valence-corrected chi connectivity index (χ3v) is 9.30. The standard InChI is InChI=1S/C23H25N5O7S2/c1-11-16(24)19(30)15-12(10-35-21(25)31)23(33-2)20-13(9-27(23)17(15)18(11)29)28(20)22(32)34-7-8-36-37-14-5-3-4-6-26-14/h3-6,12-13,20H,7-10,24H2,1-2H3,(H2,25,31)/t12-,13+,20+,23-,28?/m1/s1. The number of fused-ring (bicyclic) bond motifs is 4. The monoisotopic (exact) mass is 547 g/mol. The quantitative estimate of drug-likeness (QED) is 0.206. The van der Waals surface area contributed by atoms with Crippen LogP contribution in [0.2, 0.25) is 0 Å². The largest absolute Gasteiger partial charge is 0.449 e. The van der Waals surface area contributed by atoms with E-state index in [1.54, 1.807) is 11.1 Å². The second-order valence-electron chi connectivity index (χ2n) is 8.82. The van der Waals surface area contributed by atoms with E-state index >= 15 is 0 Å². The maximum atomic E-state index is 13.2. The van der Waals surface area contributed by atoms with Gasteiger partial charge in [-0.15, -0.1) is 0 Å². The van der Waals surface area contributed by atoms with E-state index in [-0.39, 0.29) is 48.3 Å². The molecule has 0 saturated carbocycles. The van der Waals surface area contributed by atoms with Crippen LogP contribution >= 0.6 is 21.6 Å². The number of hydrogen-bond acceptors (Lipinski definition) is 12. The predicted molar refractivity (Wildman–Crippen MR) is 133 cm³/mol. The number of Topliss-reactive ketones (excluding diaryl/α,β-unsaturated/α-hetero) is 2. The first kappa shape index (κ1) is 25.4. The fourth-order valence-electron chi connectivity index (χ4n) is 5.46. The number of allylic oxidation sites excluding steroid dienone is 2. The van der Waals surface area contributed by atoms with Crippen LogP contribution < -0.4 is 11.5 Å². The molecule has 0 spiro atoms. The van der Waals surface area contributed by atoms with Crippen LogP contribution in [-0.2, 0) is 23.8 Å². The highest BCUT2D eigenvalue weighted by Crippen LogP contribution is 2.59. The summed E-state index contributed by atoms with van der Waals surface area (Å²) in [5.41, 5.74) is 10.1. The van der Waals surface area contributed by atoms with Crippen molar-refractivity contribution in [3.8, 4) is 0 Å². The lowest BCUT2D eigenvalue weighted by Gasteiger charge is -2.40. The lowest BCUT2D eigenvalue weighted by molar-refractivity contribution is -0.144.